The molecule has 0 heteroatoms. The molecule has 2 aliphatic carbocycles. The maximum absolute atomic E-state index is 2.50. The molecular formula is C66H56. The van der Waals surface area contributed by atoms with Gasteiger partial charge in [-0.15, -0.1) is 0 Å². The predicted molar refractivity (Wildman–Crippen MR) is 282 cm³/mol. The third-order valence-electron chi connectivity index (χ3n) is 16.2. The van der Waals surface area contributed by atoms with E-state index < -0.39 is 0 Å². The third-order valence-corrected chi connectivity index (χ3v) is 16.2. The highest BCUT2D eigenvalue weighted by Crippen LogP contribution is 2.52. The Morgan fingerprint density at radius 2 is 0.879 bits per heavy atom. The highest BCUT2D eigenvalue weighted by molar-refractivity contribution is 6.16. The summed E-state index contributed by atoms with van der Waals surface area (Å²) in [7, 11) is 0. The molecule has 66 heavy (non-hydrogen) atoms. The van der Waals surface area contributed by atoms with Crippen molar-refractivity contribution in [1.29, 1.82) is 0 Å². The van der Waals surface area contributed by atoms with Crippen LogP contribution in [0.2, 0.25) is 0 Å². The standard InChI is InChI=1S/C66H56/c1-41-38-48-15-10-14-47-26-33-59-56(37-36-53(41)63(59)62(47)48)45-20-18-42(19-21-45)43-22-27-49(28-23-43)64(2,3)51-31-34-57-58-35-32-52(40-61(58)66(6,7)60(57)39-51)65(4,5)50-29-24-46(25-30-50)55-17-11-13-44-12-8-9-16-54(44)55/h8-37,39-41H,38H2,1-7H3. The summed E-state index contributed by atoms with van der Waals surface area (Å²) in [5.74, 6) is 0.522. The number of benzene rings is 10. The van der Waals surface area contributed by atoms with Crippen molar-refractivity contribution in [2.24, 2.45) is 0 Å². The Labute approximate surface area is 390 Å². The molecule has 1 atom stereocenters. The Balaban J connectivity index is 0.795. The molecular weight excluding hydrogens is 793 g/mol. The van der Waals surface area contributed by atoms with Crippen LogP contribution in [0, 0.1) is 0 Å². The van der Waals surface area contributed by atoms with E-state index in [4.69, 9.17) is 0 Å². The SMILES string of the molecule is CC1Cc2cccc3ccc4c(-c5ccc(-c6ccc(C(C)(C)c7ccc8c(c7)C(C)(C)c7cc(C(C)(C)c9ccc(-c%10cccc%11ccccc%10%11)cc9)ccc7-8)cc6)cc5)ccc1c4c23. The average Bonchev–Trinajstić information content (AvgIpc) is 3.58. The summed E-state index contributed by atoms with van der Waals surface area (Å²) < 4.78 is 0. The fourth-order valence-corrected chi connectivity index (χ4v) is 11.9. The first-order chi connectivity index (χ1) is 31.9. The predicted octanol–water partition coefficient (Wildman–Crippen LogP) is 17.8. The minimum Gasteiger partial charge on any atom is -0.0616 e. The van der Waals surface area contributed by atoms with Crippen LogP contribution in [0.5, 0.6) is 0 Å². The van der Waals surface area contributed by atoms with Gasteiger partial charge in [0.1, 0.15) is 0 Å². The van der Waals surface area contributed by atoms with Crippen LogP contribution in [0.15, 0.2) is 194 Å². The Morgan fingerprint density at radius 3 is 1.52 bits per heavy atom. The van der Waals surface area contributed by atoms with Gasteiger partial charge in [0.2, 0.25) is 0 Å². The lowest BCUT2D eigenvalue weighted by molar-refractivity contribution is 0.618. The van der Waals surface area contributed by atoms with Crippen LogP contribution in [0.25, 0.3) is 76.8 Å². The van der Waals surface area contributed by atoms with Crippen LogP contribution in [-0.4, -0.2) is 0 Å². The van der Waals surface area contributed by atoms with Gasteiger partial charge in [0.25, 0.3) is 0 Å². The van der Waals surface area contributed by atoms with Gasteiger partial charge >= 0.3 is 0 Å². The topological polar surface area (TPSA) is 0 Å². The Kier molecular flexibility index (Phi) is 9.05. The quantitative estimate of drug-likeness (QED) is 0.140. The van der Waals surface area contributed by atoms with E-state index >= 15 is 0 Å². The first kappa shape index (κ1) is 40.5. The van der Waals surface area contributed by atoms with Gasteiger partial charge in [-0.1, -0.05) is 243 Å². The van der Waals surface area contributed by atoms with E-state index in [-0.39, 0.29) is 16.2 Å². The normalized spacial score (nSPS) is 15.1. The molecule has 0 saturated heterocycles. The largest absolute Gasteiger partial charge is 0.0616 e. The lowest BCUT2D eigenvalue weighted by Gasteiger charge is -2.30. The summed E-state index contributed by atoms with van der Waals surface area (Å²) in [6, 6.07) is 73.8. The lowest BCUT2D eigenvalue weighted by Crippen LogP contribution is -2.22. The fourth-order valence-electron chi connectivity index (χ4n) is 11.9. The molecule has 12 rings (SSSR count). The van der Waals surface area contributed by atoms with Crippen LogP contribution in [0.1, 0.15) is 98.9 Å². The van der Waals surface area contributed by atoms with Crippen molar-refractivity contribution in [2.75, 3.05) is 0 Å². The second-order valence-corrected chi connectivity index (χ2v) is 21.0. The highest BCUT2D eigenvalue weighted by atomic mass is 14.4. The second-order valence-electron chi connectivity index (χ2n) is 21.0. The van der Waals surface area contributed by atoms with Crippen LogP contribution in [-0.2, 0) is 22.7 Å². The van der Waals surface area contributed by atoms with Gasteiger partial charge in [-0.3, -0.25) is 0 Å². The summed E-state index contributed by atoms with van der Waals surface area (Å²) in [5.41, 5.74) is 21.0. The van der Waals surface area contributed by atoms with Gasteiger partial charge in [-0.2, -0.15) is 0 Å². The monoisotopic (exact) mass is 848 g/mol. The summed E-state index contributed by atoms with van der Waals surface area (Å²) in [4.78, 5) is 0. The summed E-state index contributed by atoms with van der Waals surface area (Å²) in [6.07, 6.45) is 1.11. The molecule has 0 aliphatic heterocycles. The molecule has 2 aliphatic rings. The van der Waals surface area contributed by atoms with E-state index in [0.717, 1.165) is 6.42 Å². The lowest BCUT2D eigenvalue weighted by atomic mass is 9.73. The summed E-state index contributed by atoms with van der Waals surface area (Å²) in [5, 5.41) is 8.17. The summed E-state index contributed by atoms with van der Waals surface area (Å²) in [6.45, 7) is 16.7. The van der Waals surface area contributed by atoms with Gasteiger partial charge in [0.15, 0.2) is 0 Å². The minimum atomic E-state index is -0.176. The van der Waals surface area contributed by atoms with Crippen molar-refractivity contribution in [3.05, 3.63) is 239 Å². The molecule has 0 nitrogen and oxygen atoms in total. The Bertz CT molecular complexity index is 3550. The molecule has 0 N–H and O–H groups in total. The van der Waals surface area contributed by atoms with Crippen LogP contribution in [0.4, 0.5) is 0 Å². The molecule has 320 valence electrons. The molecule has 0 spiro atoms. The number of hydrogen-bond donors (Lipinski definition) is 0. The maximum Gasteiger partial charge on any atom is 0.0159 e. The molecule has 0 fully saturated rings. The molecule has 10 aromatic carbocycles. The zero-order valence-electron chi connectivity index (χ0n) is 39.3. The zero-order valence-corrected chi connectivity index (χ0v) is 39.3. The third kappa shape index (κ3) is 6.18. The van der Waals surface area contributed by atoms with E-state index in [2.05, 4.69) is 243 Å². The van der Waals surface area contributed by atoms with Crippen molar-refractivity contribution in [3.8, 4) is 44.5 Å². The van der Waals surface area contributed by atoms with Crippen LogP contribution < -0.4 is 0 Å². The smallest absolute Gasteiger partial charge is 0.0159 e. The first-order valence-corrected chi connectivity index (χ1v) is 24.0. The van der Waals surface area contributed by atoms with Gasteiger partial charge in [0.05, 0.1) is 0 Å². The van der Waals surface area contributed by atoms with E-state index in [1.165, 1.54) is 121 Å². The maximum atomic E-state index is 2.50. The van der Waals surface area contributed by atoms with Gasteiger partial charge < -0.3 is 0 Å². The molecule has 0 bridgehead atoms. The van der Waals surface area contributed by atoms with Gasteiger partial charge in [-0.25, -0.2) is 0 Å². The van der Waals surface area contributed by atoms with Crippen molar-refractivity contribution in [1.82, 2.24) is 0 Å². The van der Waals surface area contributed by atoms with Gasteiger partial charge in [0, 0.05) is 16.2 Å². The summed E-state index contributed by atoms with van der Waals surface area (Å²) >= 11 is 0. The average molecular weight is 849 g/mol. The van der Waals surface area contributed by atoms with Crippen molar-refractivity contribution >= 4 is 32.3 Å². The molecule has 10 aromatic rings. The molecule has 0 amide bonds. The van der Waals surface area contributed by atoms with E-state index in [1.54, 1.807) is 0 Å². The van der Waals surface area contributed by atoms with E-state index in [9.17, 15) is 0 Å². The number of hydrogen-bond acceptors (Lipinski definition) is 0. The molecule has 0 heterocycles. The van der Waals surface area contributed by atoms with Crippen molar-refractivity contribution in [2.45, 2.75) is 77.0 Å². The number of rotatable bonds is 7. The van der Waals surface area contributed by atoms with E-state index in [0.29, 0.717) is 5.92 Å². The first-order valence-electron chi connectivity index (χ1n) is 24.0. The molecule has 0 aromatic heterocycles. The molecule has 0 radical (unpaired) electrons. The van der Waals surface area contributed by atoms with Crippen LogP contribution in [0.3, 0.4) is 0 Å². The zero-order chi connectivity index (χ0) is 45.1. The highest BCUT2D eigenvalue weighted by Gasteiger charge is 2.38. The second kappa shape index (κ2) is 14.7. The van der Waals surface area contributed by atoms with Crippen LogP contribution >= 0.6 is 0 Å². The van der Waals surface area contributed by atoms with Crippen molar-refractivity contribution in [3.63, 3.8) is 0 Å². The molecule has 1 unspecified atom stereocenters. The van der Waals surface area contributed by atoms with Gasteiger partial charge in [-0.05, 0) is 134 Å². The fraction of sp³-hybridized carbons (Fsp3) is 0.182. The molecule has 0 saturated carbocycles. The Morgan fingerprint density at radius 1 is 0.394 bits per heavy atom. The van der Waals surface area contributed by atoms with E-state index in [1.807, 2.05) is 0 Å². The minimum absolute atomic E-state index is 0.129. The number of fused-ring (bicyclic) bond motifs is 4. The van der Waals surface area contributed by atoms with Crippen molar-refractivity contribution < 1.29 is 0 Å². The Hall–Kier alpha value is -7.02.